The summed E-state index contributed by atoms with van der Waals surface area (Å²) < 4.78 is 1.79. The fourth-order valence-corrected chi connectivity index (χ4v) is 3.17. The first-order chi connectivity index (χ1) is 9.81. The van der Waals surface area contributed by atoms with Crippen molar-refractivity contribution >= 4 is 16.9 Å². The molecular formula is C14H22N6. The van der Waals surface area contributed by atoms with E-state index in [1.807, 2.05) is 13.2 Å². The highest BCUT2D eigenvalue weighted by Crippen LogP contribution is 2.29. The average molecular weight is 274 g/mol. The minimum absolute atomic E-state index is 0.547. The Morgan fingerprint density at radius 3 is 2.85 bits per heavy atom. The molecule has 0 spiro atoms. The van der Waals surface area contributed by atoms with Crippen LogP contribution in [-0.2, 0) is 7.05 Å². The molecule has 0 radical (unpaired) electrons. The van der Waals surface area contributed by atoms with Gasteiger partial charge >= 0.3 is 0 Å². The number of hydrogen-bond donors (Lipinski definition) is 1. The standard InChI is InChI=1S/C14H22N6/c1-19-13-12(9-18-19)14(17-10-16-13)20(8-7-15)11-5-3-2-4-6-11/h9-11H,2-8,15H2,1H3. The van der Waals surface area contributed by atoms with E-state index in [0.29, 0.717) is 12.6 Å². The topological polar surface area (TPSA) is 72.9 Å². The number of nitrogens with two attached hydrogens (primary N) is 1. The molecule has 0 bridgehead atoms. The largest absolute Gasteiger partial charge is 0.352 e. The summed E-state index contributed by atoms with van der Waals surface area (Å²) in [6, 6.07) is 0.547. The third-order valence-corrected chi connectivity index (χ3v) is 4.17. The molecule has 0 saturated heterocycles. The molecule has 1 aliphatic carbocycles. The molecule has 108 valence electrons. The maximum absolute atomic E-state index is 5.82. The van der Waals surface area contributed by atoms with E-state index >= 15 is 0 Å². The summed E-state index contributed by atoms with van der Waals surface area (Å²) in [6.45, 7) is 1.48. The van der Waals surface area contributed by atoms with Crippen molar-refractivity contribution in [2.45, 2.75) is 38.1 Å². The molecular weight excluding hydrogens is 252 g/mol. The summed E-state index contributed by atoms with van der Waals surface area (Å²) in [4.78, 5) is 11.2. The summed E-state index contributed by atoms with van der Waals surface area (Å²) in [6.07, 6.45) is 9.89. The second-order valence-corrected chi connectivity index (χ2v) is 5.48. The van der Waals surface area contributed by atoms with Crippen molar-refractivity contribution in [3.8, 4) is 0 Å². The second kappa shape index (κ2) is 5.75. The summed E-state index contributed by atoms with van der Waals surface area (Å²) in [5.74, 6) is 0.987. The van der Waals surface area contributed by atoms with Gasteiger partial charge in [0.15, 0.2) is 5.65 Å². The number of rotatable bonds is 4. The van der Waals surface area contributed by atoms with Crippen LogP contribution in [0.1, 0.15) is 32.1 Å². The van der Waals surface area contributed by atoms with Crippen molar-refractivity contribution in [2.24, 2.45) is 12.8 Å². The zero-order valence-electron chi connectivity index (χ0n) is 12.0. The van der Waals surface area contributed by atoms with E-state index in [1.54, 1.807) is 11.0 Å². The van der Waals surface area contributed by atoms with Gasteiger partial charge in [0.05, 0.1) is 11.6 Å². The van der Waals surface area contributed by atoms with Crippen LogP contribution >= 0.6 is 0 Å². The first kappa shape index (κ1) is 13.3. The molecule has 0 unspecified atom stereocenters. The lowest BCUT2D eigenvalue weighted by atomic mass is 9.94. The molecule has 20 heavy (non-hydrogen) atoms. The predicted molar refractivity (Wildman–Crippen MR) is 79.6 cm³/mol. The average Bonchev–Trinajstić information content (AvgIpc) is 2.88. The van der Waals surface area contributed by atoms with Gasteiger partial charge in [-0.25, -0.2) is 9.97 Å². The van der Waals surface area contributed by atoms with Crippen LogP contribution in [-0.4, -0.2) is 38.9 Å². The van der Waals surface area contributed by atoms with Crippen molar-refractivity contribution in [2.75, 3.05) is 18.0 Å². The third-order valence-electron chi connectivity index (χ3n) is 4.17. The third kappa shape index (κ3) is 2.35. The molecule has 6 nitrogen and oxygen atoms in total. The van der Waals surface area contributed by atoms with Gasteiger partial charge in [-0.05, 0) is 12.8 Å². The molecule has 6 heteroatoms. The Morgan fingerprint density at radius 2 is 2.10 bits per heavy atom. The fourth-order valence-electron chi connectivity index (χ4n) is 3.17. The van der Waals surface area contributed by atoms with Crippen molar-refractivity contribution in [1.29, 1.82) is 0 Å². The van der Waals surface area contributed by atoms with Crippen molar-refractivity contribution in [3.63, 3.8) is 0 Å². The molecule has 2 N–H and O–H groups in total. The van der Waals surface area contributed by atoms with Crippen LogP contribution in [0.5, 0.6) is 0 Å². The van der Waals surface area contributed by atoms with Crippen LogP contribution in [0.4, 0.5) is 5.82 Å². The van der Waals surface area contributed by atoms with Crippen LogP contribution in [0.3, 0.4) is 0 Å². The van der Waals surface area contributed by atoms with Gasteiger partial charge in [-0.3, -0.25) is 4.68 Å². The number of fused-ring (bicyclic) bond motifs is 1. The quantitative estimate of drug-likeness (QED) is 0.913. The van der Waals surface area contributed by atoms with Gasteiger partial charge in [-0.1, -0.05) is 19.3 Å². The van der Waals surface area contributed by atoms with Gasteiger partial charge in [0.1, 0.15) is 12.1 Å². The highest BCUT2D eigenvalue weighted by molar-refractivity contribution is 5.86. The van der Waals surface area contributed by atoms with Gasteiger partial charge in [0.2, 0.25) is 0 Å². The van der Waals surface area contributed by atoms with E-state index < -0.39 is 0 Å². The predicted octanol–water partition coefficient (Wildman–Crippen LogP) is 1.46. The van der Waals surface area contributed by atoms with E-state index in [9.17, 15) is 0 Å². The summed E-state index contributed by atoms with van der Waals surface area (Å²) in [7, 11) is 1.91. The van der Waals surface area contributed by atoms with E-state index in [0.717, 1.165) is 23.4 Å². The lowest BCUT2D eigenvalue weighted by Gasteiger charge is -2.35. The monoisotopic (exact) mass is 274 g/mol. The van der Waals surface area contributed by atoms with E-state index in [1.165, 1.54) is 32.1 Å². The Morgan fingerprint density at radius 1 is 1.30 bits per heavy atom. The van der Waals surface area contributed by atoms with E-state index in [2.05, 4.69) is 20.0 Å². The molecule has 2 aromatic rings. The van der Waals surface area contributed by atoms with Gasteiger partial charge < -0.3 is 10.6 Å². The van der Waals surface area contributed by atoms with Gasteiger partial charge in [-0.2, -0.15) is 5.10 Å². The number of aryl methyl sites for hydroxylation is 1. The summed E-state index contributed by atoms with van der Waals surface area (Å²) in [5, 5.41) is 5.32. The smallest absolute Gasteiger partial charge is 0.163 e. The number of anilines is 1. The zero-order valence-corrected chi connectivity index (χ0v) is 12.0. The molecule has 1 fully saturated rings. The molecule has 0 aromatic carbocycles. The van der Waals surface area contributed by atoms with Gasteiger partial charge in [0, 0.05) is 26.2 Å². The maximum Gasteiger partial charge on any atom is 0.163 e. The molecule has 1 saturated carbocycles. The van der Waals surface area contributed by atoms with Crippen molar-refractivity contribution in [1.82, 2.24) is 19.7 Å². The van der Waals surface area contributed by atoms with Gasteiger partial charge in [0.25, 0.3) is 0 Å². The minimum Gasteiger partial charge on any atom is -0.352 e. The highest BCUT2D eigenvalue weighted by atomic mass is 15.3. The Labute approximate surface area is 119 Å². The summed E-state index contributed by atoms with van der Waals surface area (Å²) >= 11 is 0. The Hall–Kier alpha value is -1.69. The Balaban J connectivity index is 2.00. The van der Waals surface area contributed by atoms with Crippen LogP contribution in [0.15, 0.2) is 12.5 Å². The van der Waals surface area contributed by atoms with Crippen molar-refractivity contribution < 1.29 is 0 Å². The van der Waals surface area contributed by atoms with Crippen LogP contribution in [0.25, 0.3) is 11.0 Å². The lowest BCUT2D eigenvalue weighted by molar-refractivity contribution is 0.414. The Bertz CT molecular complexity index is 572. The number of hydrogen-bond acceptors (Lipinski definition) is 5. The normalized spacial score (nSPS) is 16.7. The van der Waals surface area contributed by atoms with Crippen LogP contribution in [0.2, 0.25) is 0 Å². The second-order valence-electron chi connectivity index (χ2n) is 5.48. The Kier molecular flexibility index (Phi) is 3.82. The summed E-state index contributed by atoms with van der Waals surface area (Å²) in [5.41, 5.74) is 6.70. The minimum atomic E-state index is 0.547. The highest BCUT2D eigenvalue weighted by Gasteiger charge is 2.24. The van der Waals surface area contributed by atoms with E-state index in [4.69, 9.17) is 5.73 Å². The SMILES string of the molecule is Cn1ncc2c(N(CCN)C3CCCCC3)ncnc21. The van der Waals surface area contributed by atoms with Gasteiger partial charge in [-0.15, -0.1) is 0 Å². The lowest BCUT2D eigenvalue weighted by Crippen LogP contribution is -2.40. The van der Waals surface area contributed by atoms with Crippen LogP contribution < -0.4 is 10.6 Å². The first-order valence-electron chi connectivity index (χ1n) is 7.40. The molecule has 0 atom stereocenters. The van der Waals surface area contributed by atoms with E-state index in [-0.39, 0.29) is 0 Å². The first-order valence-corrected chi connectivity index (χ1v) is 7.40. The fraction of sp³-hybridized carbons (Fsp3) is 0.643. The van der Waals surface area contributed by atoms with Crippen LogP contribution in [0, 0.1) is 0 Å². The number of aromatic nitrogens is 4. The molecule has 3 rings (SSSR count). The maximum atomic E-state index is 5.82. The number of nitrogens with zero attached hydrogens (tertiary/aromatic N) is 5. The zero-order chi connectivity index (χ0) is 13.9. The molecule has 2 heterocycles. The van der Waals surface area contributed by atoms with Crippen molar-refractivity contribution in [3.05, 3.63) is 12.5 Å². The molecule has 2 aromatic heterocycles. The molecule has 1 aliphatic rings. The molecule has 0 aliphatic heterocycles. The molecule has 0 amide bonds.